The maximum Gasteiger partial charge on any atom is 0.191 e. The molecule has 0 saturated carbocycles. The Kier molecular flexibility index (Phi) is 7.78. The van der Waals surface area contributed by atoms with Crippen molar-refractivity contribution in [2.24, 2.45) is 12.0 Å². The normalized spacial score (nSPS) is 11.0. The number of benzene rings is 1. The third-order valence-corrected chi connectivity index (χ3v) is 3.09. The molecule has 0 radical (unpaired) electrons. The van der Waals surface area contributed by atoms with Gasteiger partial charge in [0.05, 0.1) is 6.54 Å². The minimum atomic E-state index is -0.179. The molecular weight excluding hydrogens is 398 g/mol. The second kappa shape index (κ2) is 9.34. The Labute approximate surface area is 146 Å². The van der Waals surface area contributed by atoms with Gasteiger partial charge in [-0.15, -0.1) is 34.2 Å². The molecule has 2 rings (SSSR count). The Morgan fingerprint density at radius 1 is 1.32 bits per heavy atom. The summed E-state index contributed by atoms with van der Waals surface area (Å²) in [6, 6.07) is 6.77. The molecule has 0 spiro atoms. The molecule has 0 atom stereocenters. The predicted molar refractivity (Wildman–Crippen MR) is 94.7 cm³/mol. The van der Waals surface area contributed by atoms with Gasteiger partial charge in [0.2, 0.25) is 0 Å². The van der Waals surface area contributed by atoms with Crippen LogP contribution in [0.4, 0.5) is 4.39 Å². The maximum atomic E-state index is 13.5. The molecule has 1 aromatic heterocycles. The quantitative estimate of drug-likeness (QED) is 0.439. The Hall–Kier alpha value is -1.71. The van der Waals surface area contributed by atoms with Crippen LogP contribution >= 0.6 is 24.0 Å². The van der Waals surface area contributed by atoms with Crippen LogP contribution in [0.25, 0.3) is 0 Å². The number of rotatable bonds is 5. The van der Waals surface area contributed by atoms with Gasteiger partial charge >= 0.3 is 0 Å². The SMILES string of the molecule is CN=C(NCCc1ccccc1F)NCc1nncn1C.I. The van der Waals surface area contributed by atoms with Crippen LogP contribution in [0.1, 0.15) is 11.4 Å². The topological polar surface area (TPSA) is 67.1 Å². The van der Waals surface area contributed by atoms with E-state index in [4.69, 9.17) is 0 Å². The minimum Gasteiger partial charge on any atom is -0.356 e. The highest BCUT2D eigenvalue weighted by Gasteiger charge is 2.04. The molecule has 0 aliphatic heterocycles. The van der Waals surface area contributed by atoms with E-state index >= 15 is 0 Å². The Morgan fingerprint density at radius 3 is 2.73 bits per heavy atom. The van der Waals surface area contributed by atoms with Crippen LogP contribution in [0, 0.1) is 5.82 Å². The lowest BCUT2D eigenvalue weighted by molar-refractivity contribution is 0.606. The van der Waals surface area contributed by atoms with E-state index in [0.717, 1.165) is 5.82 Å². The molecule has 120 valence electrons. The number of aliphatic imine (C=N–C) groups is 1. The first-order valence-corrected chi connectivity index (χ1v) is 6.71. The van der Waals surface area contributed by atoms with E-state index in [0.29, 0.717) is 31.0 Å². The first kappa shape index (κ1) is 18.3. The van der Waals surface area contributed by atoms with Gasteiger partial charge in [-0.3, -0.25) is 4.99 Å². The van der Waals surface area contributed by atoms with E-state index in [-0.39, 0.29) is 29.8 Å². The molecule has 8 heteroatoms. The molecule has 6 nitrogen and oxygen atoms in total. The molecule has 0 aliphatic rings. The molecule has 22 heavy (non-hydrogen) atoms. The van der Waals surface area contributed by atoms with Gasteiger partial charge in [-0.05, 0) is 18.1 Å². The van der Waals surface area contributed by atoms with Crippen molar-refractivity contribution in [2.45, 2.75) is 13.0 Å². The minimum absolute atomic E-state index is 0. The highest BCUT2D eigenvalue weighted by molar-refractivity contribution is 14.0. The van der Waals surface area contributed by atoms with Crippen LogP contribution in [-0.4, -0.2) is 34.3 Å². The third kappa shape index (κ3) is 5.24. The van der Waals surface area contributed by atoms with Crippen molar-refractivity contribution in [1.82, 2.24) is 25.4 Å². The fraction of sp³-hybridized carbons (Fsp3) is 0.357. The smallest absolute Gasteiger partial charge is 0.191 e. The fourth-order valence-electron chi connectivity index (χ4n) is 1.87. The highest BCUT2D eigenvalue weighted by Crippen LogP contribution is 2.06. The van der Waals surface area contributed by atoms with Crippen molar-refractivity contribution in [2.75, 3.05) is 13.6 Å². The third-order valence-electron chi connectivity index (χ3n) is 3.09. The largest absolute Gasteiger partial charge is 0.356 e. The maximum absolute atomic E-state index is 13.5. The van der Waals surface area contributed by atoms with E-state index < -0.39 is 0 Å². The van der Waals surface area contributed by atoms with Gasteiger partial charge in [0.25, 0.3) is 0 Å². The van der Waals surface area contributed by atoms with E-state index in [1.54, 1.807) is 25.5 Å². The molecule has 0 aliphatic carbocycles. The first-order valence-electron chi connectivity index (χ1n) is 6.71. The second-order valence-electron chi connectivity index (χ2n) is 4.55. The number of hydrogen-bond donors (Lipinski definition) is 2. The van der Waals surface area contributed by atoms with Crippen molar-refractivity contribution >= 4 is 29.9 Å². The second-order valence-corrected chi connectivity index (χ2v) is 4.55. The van der Waals surface area contributed by atoms with Gasteiger partial charge in [-0.1, -0.05) is 18.2 Å². The van der Waals surface area contributed by atoms with Crippen molar-refractivity contribution in [3.05, 3.63) is 47.8 Å². The Morgan fingerprint density at radius 2 is 2.09 bits per heavy atom. The summed E-state index contributed by atoms with van der Waals surface area (Å²) in [5.74, 6) is 1.28. The molecule has 1 heterocycles. The molecule has 1 aromatic carbocycles. The predicted octanol–water partition coefficient (Wildman–Crippen LogP) is 1.48. The van der Waals surface area contributed by atoms with Crippen LogP contribution in [-0.2, 0) is 20.0 Å². The lowest BCUT2D eigenvalue weighted by atomic mass is 10.1. The summed E-state index contributed by atoms with van der Waals surface area (Å²) in [7, 11) is 3.57. The molecule has 0 unspecified atom stereocenters. The van der Waals surface area contributed by atoms with Crippen LogP contribution in [0.3, 0.4) is 0 Å². The number of guanidine groups is 1. The standard InChI is InChI=1S/C14H19FN6.HI/c1-16-14(18-9-13-20-19-10-21(13)2)17-8-7-11-5-3-4-6-12(11)15;/h3-6,10H,7-9H2,1-2H3,(H2,16,17,18);1H. The van der Waals surface area contributed by atoms with Crippen molar-refractivity contribution < 1.29 is 4.39 Å². The van der Waals surface area contributed by atoms with E-state index in [2.05, 4.69) is 25.8 Å². The summed E-state index contributed by atoms with van der Waals surface area (Å²) >= 11 is 0. The molecule has 0 bridgehead atoms. The van der Waals surface area contributed by atoms with Crippen LogP contribution in [0.2, 0.25) is 0 Å². The average molecular weight is 418 g/mol. The monoisotopic (exact) mass is 418 g/mol. The van der Waals surface area contributed by atoms with Crippen molar-refractivity contribution in [3.63, 3.8) is 0 Å². The number of halogens is 2. The van der Waals surface area contributed by atoms with Gasteiger partial charge in [0.15, 0.2) is 11.8 Å². The van der Waals surface area contributed by atoms with Crippen molar-refractivity contribution in [1.29, 1.82) is 0 Å². The summed E-state index contributed by atoms with van der Waals surface area (Å²) < 4.78 is 15.3. The summed E-state index contributed by atoms with van der Waals surface area (Å²) in [6.07, 6.45) is 2.24. The van der Waals surface area contributed by atoms with Crippen LogP contribution < -0.4 is 10.6 Å². The zero-order valence-corrected chi connectivity index (χ0v) is 14.9. The number of hydrogen-bond acceptors (Lipinski definition) is 3. The molecule has 2 N–H and O–H groups in total. The zero-order valence-electron chi connectivity index (χ0n) is 12.6. The Balaban J connectivity index is 0.00000242. The van der Waals surface area contributed by atoms with Gasteiger partial charge < -0.3 is 15.2 Å². The fourth-order valence-corrected chi connectivity index (χ4v) is 1.87. The lowest BCUT2D eigenvalue weighted by Crippen LogP contribution is -2.38. The van der Waals surface area contributed by atoms with E-state index in [1.807, 2.05) is 17.7 Å². The highest BCUT2D eigenvalue weighted by atomic mass is 127. The van der Waals surface area contributed by atoms with Gasteiger partial charge in [0, 0.05) is 20.6 Å². The summed E-state index contributed by atoms with van der Waals surface area (Å²) in [5.41, 5.74) is 0.689. The number of aryl methyl sites for hydroxylation is 1. The van der Waals surface area contributed by atoms with E-state index in [1.165, 1.54) is 6.07 Å². The Bertz CT molecular complexity index is 613. The summed E-state index contributed by atoms with van der Waals surface area (Å²) in [4.78, 5) is 4.11. The average Bonchev–Trinajstić information content (AvgIpc) is 2.90. The summed E-state index contributed by atoms with van der Waals surface area (Å²) in [6.45, 7) is 1.12. The number of aromatic nitrogens is 3. The lowest BCUT2D eigenvalue weighted by Gasteiger charge is -2.11. The molecule has 0 saturated heterocycles. The number of nitrogens with one attached hydrogen (secondary N) is 2. The van der Waals surface area contributed by atoms with Crippen LogP contribution in [0.5, 0.6) is 0 Å². The zero-order chi connectivity index (χ0) is 15.1. The van der Waals surface area contributed by atoms with Gasteiger partial charge in [0.1, 0.15) is 12.1 Å². The van der Waals surface area contributed by atoms with Gasteiger partial charge in [-0.2, -0.15) is 0 Å². The summed E-state index contributed by atoms with van der Waals surface area (Å²) in [5, 5.41) is 14.1. The first-order chi connectivity index (χ1) is 10.2. The van der Waals surface area contributed by atoms with Gasteiger partial charge in [-0.25, -0.2) is 4.39 Å². The molecule has 2 aromatic rings. The molecule has 0 fully saturated rings. The van der Waals surface area contributed by atoms with E-state index in [9.17, 15) is 4.39 Å². The van der Waals surface area contributed by atoms with Crippen LogP contribution in [0.15, 0.2) is 35.6 Å². The molecular formula is C14H20FIN6. The van der Waals surface area contributed by atoms with Crippen molar-refractivity contribution in [3.8, 4) is 0 Å². The number of nitrogens with zero attached hydrogens (tertiary/aromatic N) is 4. The molecule has 0 amide bonds.